The van der Waals surface area contributed by atoms with Crippen LogP contribution in [0.4, 0.5) is 0 Å². The molecular formula is C10H13N3. The van der Waals surface area contributed by atoms with Crippen molar-refractivity contribution in [2.45, 2.75) is 38.8 Å². The first kappa shape index (κ1) is 11.5. The zero-order valence-electron chi connectivity index (χ0n) is 7.82. The van der Waals surface area contributed by atoms with Crippen LogP contribution in [0.5, 0.6) is 0 Å². The first-order valence-corrected chi connectivity index (χ1v) is 4.37. The standard InChI is InChI=1S/C10H13N3/c1-9(8-11)6-4-5-7-10(12-2)13-3/h9-10H,4-7H2,1H3. The highest BCUT2D eigenvalue weighted by Gasteiger charge is 2.13. The van der Waals surface area contributed by atoms with Crippen LogP contribution in [0.15, 0.2) is 0 Å². The molecule has 3 heteroatoms. The third-order valence-corrected chi connectivity index (χ3v) is 1.87. The van der Waals surface area contributed by atoms with Gasteiger partial charge in [0.05, 0.1) is 6.07 Å². The molecule has 0 spiro atoms. The molecule has 0 aromatic rings. The van der Waals surface area contributed by atoms with E-state index >= 15 is 0 Å². The molecule has 0 amide bonds. The molecule has 13 heavy (non-hydrogen) atoms. The van der Waals surface area contributed by atoms with Crippen LogP contribution in [0, 0.1) is 30.4 Å². The predicted octanol–water partition coefficient (Wildman–Crippen LogP) is 2.87. The van der Waals surface area contributed by atoms with Gasteiger partial charge in [-0.1, -0.05) is 6.42 Å². The van der Waals surface area contributed by atoms with E-state index in [1.165, 1.54) is 0 Å². The average Bonchev–Trinajstić information content (AvgIpc) is 2.18. The van der Waals surface area contributed by atoms with E-state index in [4.69, 9.17) is 18.4 Å². The Kier molecular flexibility index (Phi) is 6.30. The molecule has 68 valence electrons. The van der Waals surface area contributed by atoms with Crippen molar-refractivity contribution in [3.8, 4) is 6.07 Å². The molecule has 0 N–H and O–H groups in total. The Morgan fingerprint density at radius 3 is 2.23 bits per heavy atom. The summed E-state index contributed by atoms with van der Waals surface area (Å²) in [5.41, 5.74) is 0. The van der Waals surface area contributed by atoms with Gasteiger partial charge in [-0.05, 0) is 19.8 Å². The zero-order chi connectivity index (χ0) is 10.1. The van der Waals surface area contributed by atoms with Crippen LogP contribution in [0.2, 0.25) is 0 Å². The second-order valence-electron chi connectivity index (χ2n) is 3.05. The van der Waals surface area contributed by atoms with Crippen LogP contribution >= 0.6 is 0 Å². The van der Waals surface area contributed by atoms with E-state index in [1.807, 2.05) is 6.92 Å². The Balaban J connectivity index is 3.44. The third-order valence-electron chi connectivity index (χ3n) is 1.87. The van der Waals surface area contributed by atoms with Crippen molar-refractivity contribution in [3.63, 3.8) is 0 Å². The van der Waals surface area contributed by atoms with Crippen molar-refractivity contribution in [1.29, 1.82) is 5.26 Å². The number of hydrogen-bond acceptors (Lipinski definition) is 1. The topological polar surface area (TPSA) is 32.5 Å². The van der Waals surface area contributed by atoms with Gasteiger partial charge >= 0.3 is 6.17 Å². The first-order chi connectivity index (χ1) is 6.24. The van der Waals surface area contributed by atoms with E-state index < -0.39 is 6.17 Å². The smallest absolute Gasteiger partial charge is 0.233 e. The van der Waals surface area contributed by atoms with Crippen molar-refractivity contribution in [3.05, 3.63) is 22.8 Å². The van der Waals surface area contributed by atoms with E-state index in [2.05, 4.69) is 15.8 Å². The van der Waals surface area contributed by atoms with Gasteiger partial charge in [0.15, 0.2) is 0 Å². The number of hydrogen-bond donors (Lipinski definition) is 0. The molecular weight excluding hydrogens is 162 g/mol. The van der Waals surface area contributed by atoms with Crippen LogP contribution in [0.1, 0.15) is 32.6 Å². The lowest BCUT2D eigenvalue weighted by Gasteiger charge is -1.99. The molecule has 0 aliphatic carbocycles. The summed E-state index contributed by atoms with van der Waals surface area (Å²) in [5, 5.41) is 8.49. The molecule has 0 fully saturated rings. The van der Waals surface area contributed by atoms with E-state index in [-0.39, 0.29) is 5.92 Å². The number of rotatable bonds is 5. The fourth-order valence-electron chi connectivity index (χ4n) is 1.000. The van der Waals surface area contributed by atoms with Crippen LogP contribution < -0.4 is 0 Å². The Labute approximate surface area is 79.6 Å². The van der Waals surface area contributed by atoms with E-state index in [0.29, 0.717) is 6.42 Å². The minimum Gasteiger partial charge on any atom is -0.233 e. The lowest BCUT2D eigenvalue weighted by Crippen LogP contribution is -1.95. The van der Waals surface area contributed by atoms with Gasteiger partial charge in [0.25, 0.3) is 0 Å². The molecule has 0 aliphatic rings. The fraction of sp³-hybridized carbons (Fsp3) is 0.700. The molecule has 0 bridgehead atoms. The van der Waals surface area contributed by atoms with Crippen LogP contribution in [-0.2, 0) is 0 Å². The highest BCUT2D eigenvalue weighted by Crippen LogP contribution is 2.11. The second kappa shape index (κ2) is 7.14. The highest BCUT2D eigenvalue weighted by molar-refractivity contribution is 4.86. The number of unbranched alkanes of at least 4 members (excludes halogenated alkanes) is 1. The van der Waals surface area contributed by atoms with Crippen molar-refractivity contribution in [2.75, 3.05) is 0 Å². The number of nitriles is 1. The maximum atomic E-state index is 8.49. The summed E-state index contributed by atoms with van der Waals surface area (Å²) in [4.78, 5) is 6.35. The van der Waals surface area contributed by atoms with E-state index in [9.17, 15) is 0 Å². The van der Waals surface area contributed by atoms with Gasteiger partial charge < -0.3 is 0 Å². The van der Waals surface area contributed by atoms with E-state index in [1.54, 1.807) is 0 Å². The van der Waals surface area contributed by atoms with Gasteiger partial charge in [0.2, 0.25) is 0 Å². The first-order valence-electron chi connectivity index (χ1n) is 4.37. The zero-order valence-corrected chi connectivity index (χ0v) is 7.82. The maximum absolute atomic E-state index is 8.49. The Bertz CT molecular complexity index is 237. The Hall–Kier alpha value is -1.53. The molecule has 0 aliphatic heterocycles. The third kappa shape index (κ3) is 5.71. The van der Waals surface area contributed by atoms with Gasteiger partial charge in [-0.25, -0.2) is 22.8 Å². The molecule has 0 saturated heterocycles. The average molecular weight is 175 g/mol. The quantitative estimate of drug-likeness (QED) is 0.467. The minimum absolute atomic E-state index is 0.0966. The van der Waals surface area contributed by atoms with Gasteiger partial charge in [0, 0.05) is 5.92 Å². The molecule has 1 atom stereocenters. The SMILES string of the molecule is [C-]#[N+]C(CCCCC(C)C#N)[N+]#[C-]. The van der Waals surface area contributed by atoms with Crippen LogP contribution in [0.3, 0.4) is 0 Å². The second-order valence-corrected chi connectivity index (χ2v) is 3.05. The molecule has 0 aromatic carbocycles. The molecule has 0 radical (unpaired) electrons. The van der Waals surface area contributed by atoms with E-state index in [0.717, 1.165) is 19.3 Å². The lowest BCUT2D eigenvalue weighted by molar-refractivity contribution is 0.568. The molecule has 3 nitrogen and oxygen atoms in total. The van der Waals surface area contributed by atoms with Gasteiger partial charge in [-0.3, -0.25) is 0 Å². The largest absolute Gasteiger partial charge is 0.474 e. The van der Waals surface area contributed by atoms with Crippen molar-refractivity contribution < 1.29 is 0 Å². The van der Waals surface area contributed by atoms with Crippen molar-refractivity contribution >= 4 is 0 Å². The highest BCUT2D eigenvalue weighted by atomic mass is 14.9. The summed E-state index contributed by atoms with van der Waals surface area (Å²) in [7, 11) is 0. The minimum atomic E-state index is -0.502. The molecule has 0 heterocycles. The molecule has 0 rings (SSSR count). The van der Waals surface area contributed by atoms with Gasteiger partial charge in [0.1, 0.15) is 6.42 Å². The molecule has 0 saturated carbocycles. The van der Waals surface area contributed by atoms with Gasteiger partial charge in [-0.15, -0.1) is 0 Å². The monoisotopic (exact) mass is 175 g/mol. The van der Waals surface area contributed by atoms with Crippen molar-refractivity contribution in [1.82, 2.24) is 0 Å². The summed E-state index contributed by atoms with van der Waals surface area (Å²) in [6, 6.07) is 2.16. The normalized spacial score (nSPS) is 11.3. The molecule has 1 unspecified atom stereocenters. The Morgan fingerprint density at radius 2 is 1.77 bits per heavy atom. The summed E-state index contributed by atoms with van der Waals surface area (Å²) >= 11 is 0. The Morgan fingerprint density at radius 1 is 1.23 bits per heavy atom. The van der Waals surface area contributed by atoms with Crippen molar-refractivity contribution in [2.24, 2.45) is 5.92 Å². The predicted molar refractivity (Wildman–Crippen MR) is 50.2 cm³/mol. The van der Waals surface area contributed by atoms with Gasteiger partial charge in [-0.2, -0.15) is 5.26 Å². The maximum Gasteiger partial charge on any atom is 0.474 e. The van der Waals surface area contributed by atoms with Crippen LogP contribution in [-0.4, -0.2) is 6.17 Å². The summed E-state index contributed by atoms with van der Waals surface area (Å²) in [5.74, 6) is 0.0966. The summed E-state index contributed by atoms with van der Waals surface area (Å²) < 4.78 is 0. The fourth-order valence-corrected chi connectivity index (χ4v) is 1.000. The number of nitrogens with zero attached hydrogens (tertiary/aromatic N) is 3. The lowest BCUT2D eigenvalue weighted by atomic mass is 10.0. The summed E-state index contributed by atoms with van der Waals surface area (Å²) in [6.07, 6.45) is 2.83. The summed E-state index contributed by atoms with van der Waals surface area (Å²) in [6.45, 7) is 15.2. The molecule has 0 aromatic heterocycles. The van der Waals surface area contributed by atoms with Crippen LogP contribution in [0.25, 0.3) is 9.69 Å².